The van der Waals surface area contributed by atoms with Gasteiger partial charge in [-0.15, -0.1) is 0 Å². The van der Waals surface area contributed by atoms with Gasteiger partial charge in [-0.05, 0) is 43.0 Å². The predicted octanol–water partition coefficient (Wildman–Crippen LogP) is 3.53. The molecule has 3 rings (SSSR count). The second-order valence-electron chi connectivity index (χ2n) is 5.57. The fourth-order valence-electron chi connectivity index (χ4n) is 2.71. The lowest BCUT2D eigenvalue weighted by Crippen LogP contribution is -2.18. The maximum Gasteiger partial charge on any atom is 0.228 e. The van der Waals surface area contributed by atoms with E-state index in [2.05, 4.69) is 16.7 Å². The van der Waals surface area contributed by atoms with E-state index in [0.717, 1.165) is 36.3 Å². The highest BCUT2D eigenvalue weighted by molar-refractivity contribution is 5.94. The first-order chi connectivity index (χ1) is 10.2. The molecule has 0 aliphatic carbocycles. The van der Waals surface area contributed by atoms with Gasteiger partial charge in [0, 0.05) is 17.9 Å². The Hall–Kier alpha value is -2.29. The van der Waals surface area contributed by atoms with Crippen molar-refractivity contribution in [3.63, 3.8) is 0 Å². The van der Waals surface area contributed by atoms with Crippen molar-refractivity contribution >= 4 is 17.3 Å². The minimum Gasteiger partial charge on any atom is -0.385 e. The second-order valence-corrected chi connectivity index (χ2v) is 5.57. The topological polar surface area (TPSA) is 41.1 Å². The van der Waals surface area contributed by atoms with Crippen molar-refractivity contribution in [1.29, 1.82) is 0 Å². The molecule has 0 atom stereocenters. The summed E-state index contributed by atoms with van der Waals surface area (Å²) in [4.78, 5) is 12.2. The van der Waals surface area contributed by atoms with Gasteiger partial charge in [0.2, 0.25) is 5.91 Å². The molecule has 0 unspecified atom stereocenters. The van der Waals surface area contributed by atoms with Crippen molar-refractivity contribution in [3.05, 3.63) is 59.2 Å². The van der Waals surface area contributed by atoms with E-state index in [9.17, 15) is 4.79 Å². The highest BCUT2D eigenvalue weighted by atomic mass is 16.1. The third-order valence-electron chi connectivity index (χ3n) is 3.85. The molecule has 1 heterocycles. The summed E-state index contributed by atoms with van der Waals surface area (Å²) in [6.45, 7) is 3.06. The lowest BCUT2D eigenvalue weighted by Gasteiger charge is -2.21. The number of fused-ring (bicyclic) bond motifs is 1. The first-order valence-corrected chi connectivity index (χ1v) is 7.43. The zero-order chi connectivity index (χ0) is 14.7. The summed E-state index contributed by atoms with van der Waals surface area (Å²) in [5.74, 6) is 0.0397. The molecule has 0 aromatic heterocycles. The summed E-state index contributed by atoms with van der Waals surface area (Å²) >= 11 is 0. The van der Waals surface area contributed by atoms with Crippen LogP contribution in [-0.2, 0) is 17.6 Å². The molecule has 1 amide bonds. The Morgan fingerprint density at radius 3 is 2.81 bits per heavy atom. The average Bonchev–Trinajstić information content (AvgIpc) is 2.50. The summed E-state index contributed by atoms with van der Waals surface area (Å²) < 4.78 is 0. The first-order valence-electron chi connectivity index (χ1n) is 7.43. The van der Waals surface area contributed by atoms with Crippen molar-refractivity contribution in [3.8, 4) is 0 Å². The molecule has 1 aliphatic rings. The molecule has 0 saturated heterocycles. The molecule has 108 valence electrons. The Morgan fingerprint density at radius 1 is 1.19 bits per heavy atom. The number of benzene rings is 2. The second kappa shape index (κ2) is 6.00. The average molecular weight is 280 g/mol. The molecule has 0 fully saturated rings. The van der Waals surface area contributed by atoms with Crippen molar-refractivity contribution < 1.29 is 4.79 Å². The van der Waals surface area contributed by atoms with Gasteiger partial charge in [0.1, 0.15) is 0 Å². The largest absolute Gasteiger partial charge is 0.385 e. The third kappa shape index (κ3) is 3.24. The number of nitrogens with one attached hydrogen (secondary N) is 2. The number of amides is 1. The van der Waals surface area contributed by atoms with E-state index in [1.807, 2.05) is 43.3 Å². The van der Waals surface area contributed by atoms with Crippen molar-refractivity contribution in [2.45, 2.75) is 26.2 Å². The number of rotatable bonds is 3. The van der Waals surface area contributed by atoms with Crippen LogP contribution in [0.15, 0.2) is 42.5 Å². The quantitative estimate of drug-likeness (QED) is 0.903. The highest BCUT2D eigenvalue weighted by Gasteiger charge is 2.14. The van der Waals surface area contributed by atoms with Crippen LogP contribution < -0.4 is 10.6 Å². The van der Waals surface area contributed by atoms with Crippen molar-refractivity contribution in [1.82, 2.24) is 0 Å². The van der Waals surface area contributed by atoms with Crippen LogP contribution in [0.1, 0.15) is 23.1 Å². The monoisotopic (exact) mass is 280 g/mol. The van der Waals surface area contributed by atoms with Gasteiger partial charge in [0.05, 0.1) is 6.42 Å². The van der Waals surface area contributed by atoms with E-state index in [0.29, 0.717) is 6.42 Å². The van der Waals surface area contributed by atoms with Crippen molar-refractivity contribution in [2.75, 3.05) is 17.2 Å². The Bertz CT molecular complexity index is 647. The Labute approximate surface area is 125 Å². The van der Waals surface area contributed by atoms with Crippen LogP contribution in [0.25, 0.3) is 0 Å². The molecule has 3 heteroatoms. The molecule has 2 aromatic carbocycles. The minimum absolute atomic E-state index is 0.0397. The molecule has 21 heavy (non-hydrogen) atoms. The molecule has 0 saturated carbocycles. The zero-order valence-corrected chi connectivity index (χ0v) is 12.3. The van der Waals surface area contributed by atoms with E-state index in [-0.39, 0.29) is 5.91 Å². The van der Waals surface area contributed by atoms with Crippen LogP contribution in [0.5, 0.6) is 0 Å². The van der Waals surface area contributed by atoms with Gasteiger partial charge in [-0.25, -0.2) is 0 Å². The van der Waals surface area contributed by atoms with E-state index in [1.54, 1.807) is 0 Å². The third-order valence-corrected chi connectivity index (χ3v) is 3.85. The normalized spacial score (nSPS) is 13.2. The fourth-order valence-corrected chi connectivity index (χ4v) is 2.71. The van der Waals surface area contributed by atoms with E-state index >= 15 is 0 Å². The smallest absolute Gasteiger partial charge is 0.228 e. The van der Waals surface area contributed by atoms with Crippen molar-refractivity contribution in [2.24, 2.45) is 0 Å². The number of carbonyl (C=O) groups is 1. The molecule has 0 spiro atoms. The molecular weight excluding hydrogens is 260 g/mol. The van der Waals surface area contributed by atoms with Crippen LogP contribution in [0.4, 0.5) is 11.4 Å². The van der Waals surface area contributed by atoms with Gasteiger partial charge < -0.3 is 10.6 Å². The minimum atomic E-state index is 0.0397. The number of carbonyl (C=O) groups excluding carboxylic acids is 1. The Morgan fingerprint density at radius 2 is 2.00 bits per heavy atom. The maximum absolute atomic E-state index is 12.2. The standard InChI is InChI=1S/C18H20N2O/c1-13-7-9-14(10-8-13)12-18(21)20-17-6-2-5-16-15(17)4-3-11-19-16/h2,5-10,19H,3-4,11-12H2,1H3,(H,20,21). The van der Waals surface area contributed by atoms with Crippen LogP contribution in [0.3, 0.4) is 0 Å². The van der Waals surface area contributed by atoms with Gasteiger partial charge >= 0.3 is 0 Å². The summed E-state index contributed by atoms with van der Waals surface area (Å²) in [7, 11) is 0. The predicted molar refractivity (Wildman–Crippen MR) is 86.8 cm³/mol. The number of hydrogen-bond donors (Lipinski definition) is 2. The zero-order valence-electron chi connectivity index (χ0n) is 12.3. The van der Waals surface area contributed by atoms with Gasteiger partial charge in [-0.3, -0.25) is 4.79 Å². The number of aryl methyl sites for hydroxylation is 1. The Kier molecular flexibility index (Phi) is 3.91. The lowest BCUT2D eigenvalue weighted by atomic mass is 10.0. The number of anilines is 2. The van der Waals surface area contributed by atoms with Gasteiger partial charge in [0.25, 0.3) is 0 Å². The summed E-state index contributed by atoms with van der Waals surface area (Å²) in [5, 5.41) is 6.44. The summed E-state index contributed by atoms with van der Waals surface area (Å²) in [6, 6.07) is 14.1. The van der Waals surface area contributed by atoms with Crippen LogP contribution in [-0.4, -0.2) is 12.5 Å². The van der Waals surface area contributed by atoms with Crippen LogP contribution in [0.2, 0.25) is 0 Å². The lowest BCUT2D eigenvalue weighted by molar-refractivity contribution is -0.115. The first kappa shape index (κ1) is 13.7. The van der Waals surface area contributed by atoms with E-state index < -0.39 is 0 Å². The van der Waals surface area contributed by atoms with Crippen LogP contribution >= 0.6 is 0 Å². The van der Waals surface area contributed by atoms with E-state index in [4.69, 9.17) is 0 Å². The highest BCUT2D eigenvalue weighted by Crippen LogP contribution is 2.28. The number of hydrogen-bond acceptors (Lipinski definition) is 2. The molecule has 2 aromatic rings. The van der Waals surface area contributed by atoms with Gasteiger partial charge in [-0.2, -0.15) is 0 Å². The molecule has 3 nitrogen and oxygen atoms in total. The molecule has 1 aliphatic heterocycles. The maximum atomic E-state index is 12.2. The van der Waals surface area contributed by atoms with Gasteiger partial charge in [-0.1, -0.05) is 35.9 Å². The molecule has 0 radical (unpaired) electrons. The fraction of sp³-hybridized carbons (Fsp3) is 0.278. The SMILES string of the molecule is Cc1ccc(CC(=O)Nc2cccc3c2CCCN3)cc1. The van der Waals surface area contributed by atoms with Gasteiger partial charge in [0.15, 0.2) is 0 Å². The van der Waals surface area contributed by atoms with Crippen LogP contribution in [0, 0.1) is 6.92 Å². The van der Waals surface area contributed by atoms with E-state index in [1.165, 1.54) is 11.1 Å². The molecular formula is C18H20N2O. The molecule has 0 bridgehead atoms. The molecule has 2 N–H and O–H groups in total. The summed E-state index contributed by atoms with van der Waals surface area (Å²) in [5.41, 5.74) is 5.57. The summed E-state index contributed by atoms with van der Waals surface area (Å²) in [6.07, 6.45) is 2.54. The Balaban J connectivity index is 1.71.